The molecule has 0 aliphatic carbocycles. The predicted molar refractivity (Wildman–Crippen MR) is 78.5 cm³/mol. The van der Waals surface area contributed by atoms with Gasteiger partial charge in [0.1, 0.15) is 0 Å². The molecule has 1 N–H and O–H groups in total. The minimum atomic E-state index is 0.158. The van der Waals surface area contributed by atoms with Crippen LogP contribution in [-0.2, 0) is 11.2 Å². The van der Waals surface area contributed by atoms with Crippen LogP contribution in [0.15, 0.2) is 24.3 Å². The Morgan fingerprint density at radius 2 is 1.89 bits per heavy atom. The number of carbonyl (C=O) groups is 1. The molecule has 0 bridgehead atoms. The van der Waals surface area contributed by atoms with E-state index in [0.29, 0.717) is 6.54 Å². The van der Waals surface area contributed by atoms with Crippen molar-refractivity contribution in [1.82, 2.24) is 10.2 Å². The topological polar surface area (TPSA) is 35.6 Å². The number of anilines is 1. The third kappa shape index (κ3) is 3.78. The number of rotatable bonds is 4. The second-order valence-electron chi connectivity index (χ2n) is 5.00. The van der Waals surface area contributed by atoms with Gasteiger partial charge in [0.05, 0.1) is 6.54 Å². The van der Waals surface area contributed by atoms with Crippen LogP contribution >= 0.6 is 0 Å². The number of likely N-dealkylation sites (N-methyl/N-ethyl adjacent to an activating group) is 1. The van der Waals surface area contributed by atoms with Crippen molar-refractivity contribution in [1.29, 1.82) is 0 Å². The summed E-state index contributed by atoms with van der Waals surface area (Å²) in [5, 5.41) is 3.29. The SMILES string of the molecule is CCc1ccc(N(C)C(=O)CN2CCNCC2)cc1. The number of nitrogens with zero attached hydrogens (tertiary/aromatic N) is 2. The molecule has 0 aromatic heterocycles. The van der Waals surface area contributed by atoms with Gasteiger partial charge in [-0.15, -0.1) is 0 Å². The highest BCUT2D eigenvalue weighted by atomic mass is 16.2. The summed E-state index contributed by atoms with van der Waals surface area (Å²) in [4.78, 5) is 16.2. The highest BCUT2D eigenvalue weighted by molar-refractivity contribution is 5.94. The zero-order chi connectivity index (χ0) is 13.7. The highest BCUT2D eigenvalue weighted by Crippen LogP contribution is 2.14. The van der Waals surface area contributed by atoms with Gasteiger partial charge in [-0.2, -0.15) is 0 Å². The van der Waals surface area contributed by atoms with Gasteiger partial charge in [0.15, 0.2) is 0 Å². The summed E-state index contributed by atoms with van der Waals surface area (Å²) in [5.74, 6) is 0.158. The lowest BCUT2D eigenvalue weighted by Crippen LogP contribution is -2.47. The van der Waals surface area contributed by atoms with Crippen LogP contribution in [0.1, 0.15) is 12.5 Å². The van der Waals surface area contributed by atoms with Crippen molar-refractivity contribution < 1.29 is 4.79 Å². The summed E-state index contributed by atoms with van der Waals surface area (Å²) < 4.78 is 0. The first-order valence-corrected chi connectivity index (χ1v) is 6.99. The summed E-state index contributed by atoms with van der Waals surface area (Å²) in [6.07, 6.45) is 1.03. The van der Waals surface area contributed by atoms with Gasteiger partial charge in [-0.25, -0.2) is 0 Å². The van der Waals surface area contributed by atoms with E-state index in [0.717, 1.165) is 38.3 Å². The molecule has 0 unspecified atom stereocenters. The molecule has 0 saturated carbocycles. The molecule has 19 heavy (non-hydrogen) atoms. The zero-order valence-electron chi connectivity index (χ0n) is 11.9. The monoisotopic (exact) mass is 261 g/mol. The van der Waals surface area contributed by atoms with Crippen molar-refractivity contribution in [2.24, 2.45) is 0 Å². The molecule has 104 valence electrons. The fourth-order valence-corrected chi connectivity index (χ4v) is 2.27. The molecule has 2 rings (SSSR count). The standard InChI is InChI=1S/C15H23N3O/c1-3-13-4-6-14(7-5-13)17(2)15(19)12-18-10-8-16-9-11-18/h4-7,16H,3,8-12H2,1-2H3. The van der Waals surface area contributed by atoms with Crippen molar-refractivity contribution >= 4 is 11.6 Å². The highest BCUT2D eigenvalue weighted by Gasteiger charge is 2.17. The lowest BCUT2D eigenvalue weighted by atomic mass is 10.1. The number of carbonyl (C=O) groups excluding carboxylic acids is 1. The van der Waals surface area contributed by atoms with Crippen molar-refractivity contribution in [3.63, 3.8) is 0 Å². The maximum Gasteiger partial charge on any atom is 0.240 e. The second kappa shape index (κ2) is 6.68. The number of aryl methyl sites for hydroxylation is 1. The molecule has 0 atom stereocenters. The van der Waals surface area contributed by atoms with Crippen LogP contribution in [-0.4, -0.2) is 50.6 Å². The first kappa shape index (κ1) is 14.0. The molecule has 4 nitrogen and oxygen atoms in total. The van der Waals surface area contributed by atoms with Crippen LogP contribution in [0.2, 0.25) is 0 Å². The Kier molecular flexibility index (Phi) is 4.93. The Hall–Kier alpha value is -1.39. The van der Waals surface area contributed by atoms with Crippen LogP contribution in [0.5, 0.6) is 0 Å². The first-order valence-electron chi connectivity index (χ1n) is 6.99. The molecule has 0 spiro atoms. The van der Waals surface area contributed by atoms with Gasteiger partial charge in [0.2, 0.25) is 5.91 Å². The number of nitrogens with one attached hydrogen (secondary N) is 1. The summed E-state index contributed by atoms with van der Waals surface area (Å²) in [7, 11) is 1.85. The predicted octanol–water partition coefficient (Wildman–Crippen LogP) is 1.12. The van der Waals surface area contributed by atoms with E-state index in [1.54, 1.807) is 4.90 Å². The molecule has 1 aliphatic heterocycles. The van der Waals surface area contributed by atoms with Gasteiger partial charge < -0.3 is 10.2 Å². The van der Waals surface area contributed by atoms with E-state index in [4.69, 9.17) is 0 Å². The van der Waals surface area contributed by atoms with E-state index >= 15 is 0 Å². The fourth-order valence-electron chi connectivity index (χ4n) is 2.27. The average Bonchev–Trinajstić information content (AvgIpc) is 2.47. The van der Waals surface area contributed by atoms with E-state index in [2.05, 4.69) is 29.3 Å². The van der Waals surface area contributed by atoms with Gasteiger partial charge in [0, 0.05) is 38.9 Å². The maximum absolute atomic E-state index is 12.2. The third-order valence-electron chi connectivity index (χ3n) is 3.67. The van der Waals surface area contributed by atoms with Crippen LogP contribution in [0.4, 0.5) is 5.69 Å². The number of piperazine rings is 1. The van der Waals surface area contributed by atoms with Crippen molar-refractivity contribution in [2.75, 3.05) is 44.7 Å². The quantitative estimate of drug-likeness (QED) is 0.882. The van der Waals surface area contributed by atoms with Crippen LogP contribution in [0, 0.1) is 0 Å². The minimum Gasteiger partial charge on any atom is -0.314 e. The maximum atomic E-state index is 12.2. The van der Waals surface area contributed by atoms with Gasteiger partial charge in [0.25, 0.3) is 0 Å². The van der Waals surface area contributed by atoms with E-state index in [1.165, 1.54) is 5.56 Å². The Balaban J connectivity index is 1.93. The smallest absolute Gasteiger partial charge is 0.240 e. The molecule has 1 saturated heterocycles. The number of amides is 1. The van der Waals surface area contributed by atoms with Crippen LogP contribution < -0.4 is 10.2 Å². The summed E-state index contributed by atoms with van der Waals surface area (Å²) in [6.45, 7) is 6.50. The molecule has 4 heteroatoms. The third-order valence-corrected chi connectivity index (χ3v) is 3.67. The first-order chi connectivity index (χ1) is 9.20. The molecule has 1 heterocycles. The molecule has 1 fully saturated rings. The Bertz CT molecular complexity index is 410. The van der Waals surface area contributed by atoms with E-state index in [1.807, 2.05) is 19.2 Å². The summed E-state index contributed by atoms with van der Waals surface area (Å²) >= 11 is 0. The van der Waals surface area contributed by atoms with Crippen molar-refractivity contribution in [2.45, 2.75) is 13.3 Å². The lowest BCUT2D eigenvalue weighted by molar-refractivity contribution is -0.119. The zero-order valence-corrected chi connectivity index (χ0v) is 11.9. The average molecular weight is 261 g/mol. The van der Waals surface area contributed by atoms with Crippen molar-refractivity contribution in [3.8, 4) is 0 Å². The molecule has 1 aliphatic rings. The van der Waals surface area contributed by atoms with E-state index < -0.39 is 0 Å². The Morgan fingerprint density at radius 3 is 2.47 bits per heavy atom. The number of hydrogen-bond acceptors (Lipinski definition) is 3. The Morgan fingerprint density at radius 1 is 1.26 bits per heavy atom. The minimum absolute atomic E-state index is 0.158. The van der Waals surface area contributed by atoms with E-state index in [-0.39, 0.29) is 5.91 Å². The van der Waals surface area contributed by atoms with Gasteiger partial charge >= 0.3 is 0 Å². The fraction of sp³-hybridized carbons (Fsp3) is 0.533. The molecular weight excluding hydrogens is 238 g/mol. The molecule has 1 amide bonds. The number of benzene rings is 1. The van der Waals surface area contributed by atoms with Gasteiger partial charge in [-0.1, -0.05) is 19.1 Å². The van der Waals surface area contributed by atoms with Crippen molar-refractivity contribution in [3.05, 3.63) is 29.8 Å². The molecule has 1 aromatic rings. The normalized spacial score (nSPS) is 16.3. The molecule has 1 aromatic carbocycles. The molecule has 0 radical (unpaired) electrons. The summed E-state index contributed by atoms with van der Waals surface area (Å²) in [5.41, 5.74) is 2.27. The van der Waals surface area contributed by atoms with E-state index in [9.17, 15) is 4.79 Å². The van der Waals surface area contributed by atoms with Gasteiger partial charge in [-0.3, -0.25) is 9.69 Å². The van der Waals surface area contributed by atoms with Gasteiger partial charge in [-0.05, 0) is 24.1 Å². The van der Waals surface area contributed by atoms with Crippen LogP contribution in [0.3, 0.4) is 0 Å². The summed E-state index contributed by atoms with van der Waals surface area (Å²) in [6, 6.07) is 8.22. The Labute approximate surface area is 115 Å². The lowest BCUT2D eigenvalue weighted by Gasteiger charge is -2.28. The molecular formula is C15H23N3O. The second-order valence-corrected chi connectivity index (χ2v) is 5.00. The van der Waals surface area contributed by atoms with Crippen LogP contribution in [0.25, 0.3) is 0 Å². The number of hydrogen-bond donors (Lipinski definition) is 1. The largest absolute Gasteiger partial charge is 0.314 e.